The Kier molecular flexibility index (Phi) is 21.1. The molecule has 0 saturated heterocycles. The number of nitrogens with zero attached hydrogens (tertiary/aromatic N) is 1. The number of hydrogen-bond donors (Lipinski definition) is 0. The van der Waals surface area contributed by atoms with Crippen LogP contribution in [0.25, 0.3) is 50.6 Å². The van der Waals surface area contributed by atoms with E-state index in [0.717, 1.165) is 46.8 Å². The van der Waals surface area contributed by atoms with Crippen LogP contribution in [0.15, 0.2) is 201 Å². The summed E-state index contributed by atoms with van der Waals surface area (Å²) in [6.45, 7) is 47.9. The maximum Gasteiger partial charge on any atom is 0.124 e. The summed E-state index contributed by atoms with van der Waals surface area (Å²) in [4.78, 5) is 2.42. The van der Waals surface area contributed by atoms with E-state index in [9.17, 15) is 0 Å². The maximum absolute atomic E-state index is 6.91. The molecule has 0 radical (unpaired) electrons. The number of unbranched alkanes of at least 4 members (excludes halogenated alkanes) is 10. The van der Waals surface area contributed by atoms with Gasteiger partial charge in [0.15, 0.2) is 0 Å². The van der Waals surface area contributed by atoms with Gasteiger partial charge in [-0.15, -0.1) is 0 Å². The first-order valence-corrected chi connectivity index (χ1v) is 38.2. The summed E-state index contributed by atoms with van der Waals surface area (Å²) in [7, 11) is 0. The molecule has 0 aromatic heterocycles. The molecule has 2 nitrogen and oxygen atoms in total. The summed E-state index contributed by atoms with van der Waals surface area (Å²) in [5.41, 5.74) is 26.8. The number of anilines is 3. The van der Waals surface area contributed by atoms with Crippen LogP contribution in [-0.2, 0) is 39.1 Å². The lowest BCUT2D eigenvalue weighted by Crippen LogP contribution is -2.40. The molecule has 0 N–H and O–H groups in total. The molecular formula is C97H119NO. The van der Waals surface area contributed by atoms with Crippen molar-refractivity contribution in [2.45, 2.75) is 254 Å². The molecule has 2 aliphatic carbocycles. The average Bonchev–Trinajstić information content (AvgIpc) is 1.60. The van der Waals surface area contributed by atoms with Crippen molar-refractivity contribution in [3.63, 3.8) is 0 Å². The zero-order valence-electron chi connectivity index (χ0n) is 64.2. The second-order valence-corrected chi connectivity index (χ2v) is 34.5. The molecule has 2 heteroatoms. The van der Waals surface area contributed by atoms with Crippen LogP contribution in [-0.4, -0.2) is 0 Å². The van der Waals surface area contributed by atoms with Gasteiger partial charge in [-0.1, -0.05) is 354 Å². The van der Waals surface area contributed by atoms with Crippen molar-refractivity contribution < 1.29 is 4.74 Å². The lowest BCUT2D eigenvalue weighted by atomic mass is 9.60. The van der Waals surface area contributed by atoms with Gasteiger partial charge in [-0.2, -0.15) is 0 Å². The normalized spacial score (nSPS) is 16.1. The number of ether oxygens (including phenoxy) is 1. The molecule has 9 aromatic carbocycles. The molecule has 518 valence electrons. The van der Waals surface area contributed by atoms with Crippen LogP contribution in [0, 0.1) is 10.8 Å². The summed E-state index contributed by atoms with van der Waals surface area (Å²) >= 11 is 0. The Balaban J connectivity index is 0.881. The van der Waals surface area contributed by atoms with Gasteiger partial charge in [0.05, 0.1) is 0 Å². The van der Waals surface area contributed by atoms with E-state index in [-0.39, 0.29) is 43.3 Å². The first-order valence-electron chi connectivity index (χ1n) is 38.2. The van der Waals surface area contributed by atoms with E-state index in [1.54, 1.807) is 0 Å². The highest BCUT2D eigenvalue weighted by atomic mass is 16.5. The number of para-hydroxylation sites is 1. The summed E-state index contributed by atoms with van der Waals surface area (Å²) in [6.07, 6.45) is 19.6. The molecule has 0 saturated carbocycles. The van der Waals surface area contributed by atoms with Crippen LogP contribution in [0.2, 0.25) is 0 Å². The molecule has 9 aromatic rings. The Morgan fingerprint density at radius 2 is 0.747 bits per heavy atom. The van der Waals surface area contributed by atoms with E-state index in [1.165, 1.54) is 166 Å². The zero-order valence-corrected chi connectivity index (χ0v) is 64.2. The maximum atomic E-state index is 6.91. The van der Waals surface area contributed by atoms with Crippen molar-refractivity contribution in [3.8, 4) is 50.3 Å². The quantitative estimate of drug-likeness (QED) is 0.0453. The Morgan fingerprint density at radius 1 is 0.364 bits per heavy atom. The van der Waals surface area contributed by atoms with Gasteiger partial charge in [-0.05, 0) is 195 Å². The van der Waals surface area contributed by atoms with Gasteiger partial charge in [0.2, 0.25) is 0 Å². The first-order chi connectivity index (χ1) is 47.0. The third-order valence-corrected chi connectivity index (χ3v) is 25.8. The fourth-order valence-corrected chi connectivity index (χ4v) is 16.1. The molecule has 0 amide bonds. The van der Waals surface area contributed by atoms with Crippen LogP contribution in [0.3, 0.4) is 0 Å². The van der Waals surface area contributed by atoms with Gasteiger partial charge < -0.3 is 9.64 Å². The number of rotatable bonds is 28. The van der Waals surface area contributed by atoms with Crippen LogP contribution in [0.1, 0.15) is 270 Å². The third-order valence-electron chi connectivity index (χ3n) is 25.8. The van der Waals surface area contributed by atoms with Crippen molar-refractivity contribution >= 4 is 23.1 Å². The highest BCUT2D eigenvalue weighted by Gasteiger charge is 2.46. The van der Waals surface area contributed by atoms with Crippen molar-refractivity contribution in [1.29, 1.82) is 0 Å². The summed E-state index contributed by atoms with van der Waals surface area (Å²) in [5, 5.41) is 0. The molecule has 0 aliphatic heterocycles. The summed E-state index contributed by atoms with van der Waals surface area (Å²) in [5.74, 6) is 0.954. The molecule has 0 bridgehead atoms. The topological polar surface area (TPSA) is 12.5 Å². The monoisotopic (exact) mass is 1310 g/mol. The molecule has 0 fully saturated rings. The van der Waals surface area contributed by atoms with Crippen LogP contribution < -0.4 is 9.64 Å². The van der Waals surface area contributed by atoms with E-state index >= 15 is 0 Å². The van der Waals surface area contributed by atoms with E-state index in [0.29, 0.717) is 6.61 Å². The van der Waals surface area contributed by atoms with E-state index in [2.05, 4.69) is 330 Å². The molecule has 0 spiro atoms. The van der Waals surface area contributed by atoms with Crippen molar-refractivity contribution in [2.75, 3.05) is 4.90 Å². The molecule has 2 unspecified atom stereocenters. The molecule has 2 atom stereocenters. The Morgan fingerprint density at radius 3 is 1.23 bits per heavy atom. The fourth-order valence-electron chi connectivity index (χ4n) is 16.1. The molecule has 0 heterocycles. The van der Waals surface area contributed by atoms with Gasteiger partial charge in [0.1, 0.15) is 12.4 Å². The first kappa shape index (κ1) is 72.6. The van der Waals surface area contributed by atoms with Crippen molar-refractivity contribution in [2.24, 2.45) is 10.8 Å². The lowest BCUT2D eigenvalue weighted by Gasteiger charge is -2.43. The van der Waals surface area contributed by atoms with Gasteiger partial charge in [0.25, 0.3) is 0 Å². The second kappa shape index (κ2) is 28.7. The number of fused-ring (bicyclic) bond motifs is 6. The minimum Gasteiger partial charge on any atom is -0.489 e. The highest BCUT2D eigenvalue weighted by molar-refractivity contribution is 5.87. The van der Waals surface area contributed by atoms with Crippen molar-refractivity contribution in [3.05, 3.63) is 256 Å². The summed E-state index contributed by atoms with van der Waals surface area (Å²) < 4.78 is 6.91. The zero-order chi connectivity index (χ0) is 70.9. The largest absolute Gasteiger partial charge is 0.489 e. The fraction of sp³-hybridized carbons (Fsp3) is 0.423. The molecule has 11 rings (SSSR count). The van der Waals surface area contributed by atoms with E-state index in [1.807, 2.05) is 6.08 Å². The Labute approximate surface area is 600 Å². The smallest absolute Gasteiger partial charge is 0.124 e. The standard InChI is InChI=1S/C97H119NO/c1-20-23-25-27-29-34-60-96(18)85-62-71(44-55-80(85)82-57-49-75(65-87(82)96)92(10,11)90(4,5)6)70-42-51-78(52-43-70)98(77-36-32-31-33-37-77)79-53-47-74(48-54-79)93(12,13)94(14,15)76-50-58-83-81-56-45-72(63-86(81)97(19,88(83)66-76)61-35-30-28-26-24-21-2)73-46-59-84(95(16,17)91(7,8)9)89(64-73)99-67-69-40-38-68(22-3)39-41-69/h22,31-33,36-59,62-66H,3,20-21,23-30,34-35,60-61,67H2,1-2,4-19H3. The van der Waals surface area contributed by atoms with E-state index < -0.39 is 0 Å². The van der Waals surface area contributed by atoms with Gasteiger partial charge in [0, 0.05) is 33.5 Å². The van der Waals surface area contributed by atoms with Crippen LogP contribution in [0.4, 0.5) is 17.1 Å². The van der Waals surface area contributed by atoms with Gasteiger partial charge in [-0.3, -0.25) is 0 Å². The third kappa shape index (κ3) is 14.1. The van der Waals surface area contributed by atoms with E-state index in [4.69, 9.17) is 4.74 Å². The van der Waals surface area contributed by atoms with Crippen LogP contribution in [0.5, 0.6) is 5.75 Å². The molecule has 2 aliphatic rings. The SMILES string of the molecule is C=Cc1ccc(COc2cc(-c3ccc4c(c3)C(C)(CCCCCCCC)c3cc(C(C)(C)C(C)(C)c5ccc(N(c6ccccc6)c6ccc(-c7ccc8c(c7)C(C)(CCCCCCCC)c7cc(C(C)(C)C(C)(C)C)ccc7-8)cc6)cc5)ccc3-4)ccc2C(C)(C)C(C)(C)C)cc1. The number of benzene rings is 9. The predicted octanol–water partition coefficient (Wildman–Crippen LogP) is 28.7. The minimum absolute atomic E-state index is 0.00918. The lowest BCUT2D eigenvalue weighted by molar-refractivity contribution is 0.212. The predicted molar refractivity (Wildman–Crippen MR) is 430 cm³/mol. The van der Waals surface area contributed by atoms with Crippen LogP contribution >= 0.6 is 0 Å². The Bertz CT molecular complexity index is 4270. The molecular weight excluding hydrogens is 1200 g/mol. The number of hydrogen-bond acceptors (Lipinski definition) is 2. The van der Waals surface area contributed by atoms with Gasteiger partial charge in [-0.25, -0.2) is 0 Å². The second-order valence-electron chi connectivity index (χ2n) is 34.5. The minimum atomic E-state index is -0.233. The summed E-state index contributed by atoms with van der Waals surface area (Å²) in [6, 6.07) is 75.1. The highest BCUT2D eigenvalue weighted by Crippen LogP contribution is 2.57. The average molecular weight is 1320 g/mol. The Hall–Kier alpha value is -7.68. The molecule has 99 heavy (non-hydrogen) atoms. The van der Waals surface area contributed by atoms with Gasteiger partial charge >= 0.3 is 0 Å². The van der Waals surface area contributed by atoms with Crippen molar-refractivity contribution in [1.82, 2.24) is 0 Å².